The number of nitrogens with two attached hydrogens (primary N) is 1. The summed E-state index contributed by atoms with van der Waals surface area (Å²) in [5.74, 6) is -5.05. The van der Waals surface area contributed by atoms with Gasteiger partial charge in [0.1, 0.15) is 18.1 Å². The number of primary amides is 1. The number of aliphatic hydroxyl groups excluding tert-OH is 2. The van der Waals surface area contributed by atoms with Crippen LogP contribution in [0, 0.1) is 0 Å². The number of carbonyl (C=O) groups is 6. The number of carbonyl (C=O) groups excluding carboxylic acids is 4. The summed E-state index contributed by atoms with van der Waals surface area (Å²) in [7, 11) is 0. The Bertz CT molecular complexity index is 966. The number of carboxylic acid groups (broad SMARTS) is 2. The number of H-pyrrole nitrogens is 1. The number of amides is 4. The van der Waals surface area contributed by atoms with Crippen molar-refractivity contribution in [2.45, 2.75) is 62.4 Å². The molecule has 0 bridgehead atoms. The molecule has 16 nitrogen and oxygen atoms in total. The third-order valence-corrected chi connectivity index (χ3v) is 5.57. The third-order valence-electron chi connectivity index (χ3n) is 5.57. The number of nitrogens with one attached hydrogen (secondary N) is 3. The highest BCUT2D eigenvalue weighted by molar-refractivity contribution is 5.95. The summed E-state index contributed by atoms with van der Waals surface area (Å²) in [5, 5.41) is 37.8. The monoisotopic (exact) mass is 512 g/mol. The lowest BCUT2D eigenvalue weighted by molar-refractivity contribution is -0.165. The van der Waals surface area contributed by atoms with E-state index in [9.17, 15) is 28.8 Å². The number of hydrogen-bond acceptors (Lipinski definition) is 9. The first-order valence-electron chi connectivity index (χ1n) is 10.9. The zero-order valence-electron chi connectivity index (χ0n) is 19.0. The van der Waals surface area contributed by atoms with Gasteiger partial charge in [0.05, 0.1) is 6.33 Å². The van der Waals surface area contributed by atoms with Crippen LogP contribution in [-0.2, 0) is 35.2 Å². The minimum absolute atomic E-state index is 0.185. The molecule has 2 saturated heterocycles. The van der Waals surface area contributed by atoms with Crippen LogP contribution in [-0.4, -0.2) is 108 Å². The molecule has 0 saturated carbocycles. The van der Waals surface area contributed by atoms with Crippen molar-refractivity contribution in [1.82, 2.24) is 25.5 Å². The minimum atomic E-state index is -2.27. The van der Waals surface area contributed by atoms with E-state index in [1.54, 1.807) is 6.20 Å². The van der Waals surface area contributed by atoms with Crippen molar-refractivity contribution in [3.8, 4) is 0 Å². The zero-order valence-corrected chi connectivity index (χ0v) is 19.0. The number of rotatable bonds is 9. The number of imidazole rings is 1. The summed E-state index contributed by atoms with van der Waals surface area (Å²) in [6.45, 7) is 0.419. The first-order valence-corrected chi connectivity index (χ1v) is 10.9. The van der Waals surface area contributed by atoms with Gasteiger partial charge in [0.2, 0.25) is 23.6 Å². The fraction of sp³-hybridized carbons (Fsp3) is 0.550. The second-order valence-electron chi connectivity index (χ2n) is 8.16. The lowest BCUT2D eigenvalue weighted by Crippen LogP contribution is -2.56. The van der Waals surface area contributed by atoms with E-state index in [-0.39, 0.29) is 24.7 Å². The molecule has 3 heterocycles. The van der Waals surface area contributed by atoms with Gasteiger partial charge in [0.25, 0.3) is 0 Å². The molecular formula is C20H28N6O10. The fourth-order valence-electron chi connectivity index (χ4n) is 3.70. The second kappa shape index (κ2) is 12.6. The molecule has 1 aromatic rings. The van der Waals surface area contributed by atoms with Crippen molar-refractivity contribution in [1.29, 1.82) is 0 Å². The molecule has 2 aliphatic heterocycles. The number of aromatic amines is 1. The van der Waals surface area contributed by atoms with Gasteiger partial charge in [-0.25, -0.2) is 14.6 Å². The highest BCUT2D eigenvalue weighted by Gasteiger charge is 2.38. The van der Waals surface area contributed by atoms with Crippen LogP contribution in [0.1, 0.15) is 31.4 Å². The van der Waals surface area contributed by atoms with Crippen LogP contribution in [0.25, 0.3) is 0 Å². The number of aliphatic carboxylic acids is 2. The predicted molar refractivity (Wildman–Crippen MR) is 117 cm³/mol. The summed E-state index contributed by atoms with van der Waals surface area (Å²) in [6, 6.07) is -2.18. The molecule has 36 heavy (non-hydrogen) atoms. The van der Waals surface area contributed by atoms with Crippen LogP contribution >= 0.6 is 0 Å². The van der Waals surface area contributed by atoms with Crippen molar-refractivity contribution in [2.24, 2.45) is 5.73 Å². The first-order chi connectivity index (χ1) is 16.9. The summed E-state index contributed by atoms with van der Waals surface area (Å²) in [5.41, 5.74) is 6.07. The maximum absolute atomic E-state index is 13.0. The van der Waals surface area contributed by atoms with Gasteiger partial charge in [-0.3, -0.25) is 19.2 Å². The summed E-state index contributed by atoms with van der Waals surface area (Å²) in [4.78, 5) is 76.2. The molecule has 2 aliphatic rings. The largest absolute Gasteiger partial charge is 0.479 e. The van der Waals surface area contributed by atoms with Crippen molar-refractivity contribution < 1.29 is 49.2 Å². The standard InChI is InChI=1S/C16H22N6O4.C4H6O6/c17-14(24)12-2-1-5-22(12)16(26)11(6-9-7-18-8-19-9)21-15(25)10-3-4-13(23)20-10;5-1(3(7)8)2(6)4(9)10/h7-8,10-12H,1-6H2,(H2,17,24)(H,18,19)(H,20,23)(H,21,25);1-2,5-6H,(H,7,8)(H,9,10). The molecule has 0 aliphatic carbocycles. The van der Waals surface area contributed by atoms with Crippen LogP contribution in [0.3, 0.4) is 0 Å². The lowest BCUT2D eigenvalue weighted by atomic mass is 10.1. The quantitative estimate of drug-likeness (QED) is 0.158. The van der Waals surface area contributed by atoms with E-state index >= 15 is 0 Å². The Labute approximate surface area is 203 Å². The highest BCUT2D eigenvalue weighted by atomic mass is 16.4. The van der Waals surface area contributed by atoms with Crippen LogP contribution in [0.5, 0.6) is 0 Å². The van der Waals surface area contributed by atoms with E-state index in [0.29, 0.717) is 31.5 Å². The second-order valence-corrected chi connectivity index (χ2v) is 8.16. The van der Waals surface area contributed by atoms with Gasteiger partial charge in [-0.15, -0.1) is 0 Å². The maximum Gasteiger partial charge on any atom is 0.335 e. The van der Waals surface area contributed by atoms with E-state index in [1.165, 1.54) is 11.2 Å². The Morgan fingerprint density at radius 2 is 1.78 bits per heavy atom. The van der Waals surface area contributed by atoms with Crippen LogP contribution in [0.15, 0.2) is 12.5 Å². The molecule has 0 spiro atoms. The molecule has 2 fully saturated rings. The molecule has 5 atom stereocenters. The Hall–Kier alpha value is -4.05. The van der Waals surface area contributed by atoms with Gasteiger partial charge in [-0.1, -0.05) is 0 Å². The zero-order chi connectivity index (χ0) is 27.0. The average molecular weight is 512 g/mol. The first kappa shape index (κ1) is 28.2. The van der Waals surface area contributed by atoms with Gasteiger partial charge in [0, 0.05) is 31.3 Å². The average Bonchev–Trinajstić information content (AvgIpc) is 3.59. The summed E-state index contributed by atoms with van der Waals surface area (Å²) >= 11 is 0. The van der Waals surface area contributed by atoms with Crippen LogP contribution in [0.4, 0.5) is 0 Å². The van der Waals surface area contributed by atoms with Crippen LogP contribution < -0.4 is 16.4 Å². The van der Waals surface area contributed by atoms with Crippen LogP contribution in [0.2, 0.25) is 0 Å². The Morgan fingerprint density at radius 3 is 2.25 bits per heavy atom. The Morgan fingerprint density at radius 1 is 1.14 bits per heavy atom. The van der Waals surface area contributed by atoms with E-state index in [1.807, 2.05) is 0 Å². The third kappa shape index (κ3) is 7.47. The van der Waals surface area contributed by atoms with Gasteiger partial charge in [0.15, 0.2) is 12.2 Å². The molecule has 5 unspecified atom stereocenters. The molecule has 9 N–H and O–H groups in total. The number of likely N-dealkylation sites (tertiary alicyclic amines) is 1. The van der Waals surface area contributed by atoms with E-state index in [2.05, 4.69) is 20.6 Å². The Kier molecular flexibility index (Phi) is 9.86. The number of nitrogens with zero attached hydrogens (tertiary/aromatic N) is 2. The molecule has 1 aromatic heterocycles. The van der Waals surface area contributed by atoms with Crippen molar-refractivity contribution >= 4 is 35.6 Å². The van der Waals surface area contributed by atoms with E-state index in [0.717, 1.165) is 0 Å². The van der Waals surface area contributed by atoms with Crippen molar-refractivity contribution in [3.05, 3.63) is 18.2 Å². The fourth-order valence-corrected chi connectivity index (χ4v) is 3.70. The van der Waals surface area contributed by atoms with E-state index in [4.69, 9.17) is 26.2 Å². The highest BCUT2D eigenvalue weighted by Crippen LogP contribution is 2.19. The molecule has 0 aromatic carbocycles. The number of carboxylic acids is 2. The molecule has 3 rings (SSSR count). The van der Waals surface area contributed by atoms with Gasteiger partial charge >= 0.3 is 11.9 Å². The number of hydrogen-bond donors (Lipinski definition) is 8. The predicted octanol–water partition coefficient (Wildman–Crippen LogP) is -3.93. The smallest absolute Gasteiger partial charge is 0.335 e. The van der Waals surface area contributed by atoms with E-state index < -0.39 is 54.1 Å². The normalized spacial score (nSPS) is 21.4. The van der Waals surface area contributed by atoms with Crippen molar-refractivity contribution in [2.75, 3.05) is 6.54 Å². The minimum Gasteiger partial charge on any atom is -0.479 e. The summed E-state index contributed by atoms with van der Waals surface area (Å²) < 4.78 is 0. The Balaban J connectivity index is 0.000000388. The summed E-state index contributed by atoms with van der Waals surface area (Å²) in [6.07, 6.45) is 0.601. The van der Waals surface area contributed by atoms with Gasteiger partial charge in [-0.2, -0.15) is 0 Å². The SMILES string of the molecule is NC(=O)C1CCCN1C(=O)C(Cc1cnc[nH]1)NC(=O)C1CCC(=O)N1.O=C(O)C(O)C(O)C(=O)O. The molecular weight excluding hydrogens is 484 g/mol. The number of aromatic nitrogens is 2. The topological polar surface area (TPSA) is 265 Å². The molecule has 16 heteroatoms. The number of aliphatic hydroxyl groups is 2. The van der Waals surface area contributed by atoms with Gasteiger partial charge in [-0.05, 0) is 19.3 Å². The lowest BCUT2D eigenvalue weighted by Gasteiger charge is -2.28. The molecule has 198 valence electrons. The van der Waals surface area contributed by atoms with Crippen molar-refractivity contribution in [3.63, 3.8) is 0 Å². The van der Waals surface area contributed by atoms with Gasteiger partial charge < -0.3 is 46.7 Å². The maximum atomic E-state index is 13.0. The molecule has 0 radical (unpaired) electrons. The molecule has 4 amide bonds.